The third-order valence-electron chi connectivity index (χ3n) is 1.98. The van der Waals surface area contributed by atoms with Crippen molar-refractivity contribution in [3.8, 4) is 0 Å². The molecule has 0 aromatic carbocycles. The van der Waals surface area contributed by atoms with Crippen molar-refractivity contribution in [1.82, 2.24) is 21.3 Å². The van der Waals surface area contributed by atoms with Crippen molar-refractivity contribution in [2.24, 2.45) is 0 Å². The van der Waals surface area contributed by atoms with Crippen LogP contribution in [0.25, 0.3) is 0 Å². The van der Waals surface area contributed by atoms with E-state index in [1.807, 2.05) is 0 Å². The molecule has 0 aliphatic carbocycles. The van der Waals surface area contributed by atoms with Crippen LogP contribution in [0.15, 0.2) is 0 Å². The fourth-order valence-corrected chi connectivity index (χ4v) is 4.21. The molecule has 0 bridgehead atoms. The van der Waals surface area contributed by atoms with Gasteiger partial charge >= 0.3 is 134 Å². The zero-order valence-electron chi connectivity index (χ0n) is 12.5. The maximum atomic E-state index is 11.2. The minimum absolute atomic E-state index is 0.208. The molecule has 0 aliphatic heterocycles. The van der Waals surface area contributed by atoms with Crippen LogP contribution in [-0.2, 0) is 41.4 Å². The molecule has 8 nitrogen and oxygen atoms in total. The molecule has 0 fully saturated rings. The first-order valence-corrected chi connectivity index (χ1v) is 8.69. The topological polar surface area (TPSA) is 116 Å². The molecule has 0 radical (unpaired) electrons. The second-order valence-corrected chi connectivity index (χ2v) is 7.85. The Labute approximate surface area is 133 Å². The number of carbonyl (C=O) groups excluding carboxylic acids is 4. The second kappa shape index (κ2) is 10.3. The van der Waals surface area contributed by atoms with Crippen LogP contribution in [0.1, 0.15) is 27.7 Å². The van der Waals surface area contributed by atoms with E-state index in [-0.39, 0.29) is 36.7 Å². The van der Waals surface area contributed by atoms with Crippen molar-refractivity contribution in [2.45, 2.75) is 27.7 Å². The first-order valence-electron chi connectivity index (χ1n) is 6.23. The van der Waals surface area contributed by atoms with E-state index in [9.17, 15) is 19.2 Å². The van der Waals surface area contributed by atoms with Crippen LogP contribution in [0.5, 0.6) is 0 Å². The van der Waals surface area contributed by atoms with Crippen LogP contribution in [0.3, 0.4) is 0 Å². The average Bonchev–Trinajstić information content (AvgIpc) is 2.31. The van der Waals surface area contributed by atoms with Gasteiger partial charge in [-0.1, -0.05) is 0 Å². The Kier molecular flexibility index (Phi) is 9.53. The Morgan fingerprint density at radius 2 is 1.00 bits per heavy atom. The van der Waals surface area contributed by atoms with E-state index in [1.54, 1.807) is 0 Å². The fraction of sp³-hybridized carbons (Fsp3) is 0.500. The molecule has 116 valence electrons. The molecular weight excluding hydrogens is 355 g/mol. The number of amides is 4. The zero-order chi connectivity index (χ0) is 16.4. The number of hydrogen-bond acceptors (Lipinski definition) is 4. The van der Waals surface area contributed by atoms with Gasteiger partial charge in [-0.3, -0.25) is 0 Å². The standard InChI is InChI=1S/2C6H10N2O2.Zr/c2*1-5(9)7-3-4-8-6(2)10;/h2*3H2,1-2H3,(H,7,9)(H,8,10);. The Bertz CT molecular complexity index is 467. The van der Waals surface area contributed by atoms with Crippen LogP contribution in [0.2, 0.25) is 0 Å². The molecule has 4 amide bonds. The van der Waals surface area contributed by atoms with Crippen LogP contribution < -0.4 is 21.3 Å². The maximum absolute atomic E-state index is 11.2. The molecular formula is C12H20N4O4Zr. The van der Waals surface area contributed by atoms with E-state index >= 15 is 0 Å². The molecule has 0 aromatic rings. The summed E-state index contributed by atoms with van der Waals surface area (Å²) in [5.74, 6) is -0.892. The van der Waals surface area contributed by atoms with Gasteiger partial charge in [-0.05, 0) is 0 Å². The fourth-order valence-electron chi connectivity index (χ4n) is 1.27. The summed E-state index contributed by atoms with van der Waals surface area (Å²) in [6.45, 7) is 5.96. The van der Waals surface area contributed by atoms with Gasteiger partial charge in [0.1, 0.15) is 0 Å². The number of hydrogen-bond donors (Lipinski definition) is 4. The molecule has 0 aromatic heterocycles. The monoisotopic (exact) mass is 374 g/mol. The summed E-state index contributed by atoms with van der Waals surface area (Å²) in [5, 5.41) is 10.6. The number of rotatable bonds is 6. The van der Waals surface area contributed by atoms with Crippen molar-refractivity contribution < 1.29 is 41.4 Å². The van der Waals surface area contributed by atoms with Gasteiger partial charge in [-0.15, -0.1) is 0 Å². The van der Waals surface area contributed by atoms with Gasteiger partial charge in [-0.2, -0.15) is 0 Å². The van der Waals surface area contributed by atoms with Crippen LogP contribution in [-0.4, -0.2) is 43.4 Å². The molecule has 21 heavy (non-hydrogen) atoms. The van der Waals surface area contributed by atoms with Crippen molar-refractivity contribution >= 4 is 30.3 Å². The van der Waals surface area contributed by atoms with Crippen molar-refractivity contribution in [2.75, 3.05) is 13.1 Å². The Hall–Kier alpha value is -1.50. The van der Waals surface area contributed by atoms with Crippen molar-refractivity contribution in [3.05, 3.63) is 0 Å². The molecule has 0 saturated heterocycles. The van der Waals surface area contributed by atoms with E-state index in [1.165, 1.54) is 27.7 Å². The zero-order valence-corrected chi connectivity index (χ0v) is 15.0. The Morgan fingerprint density at radius 3 is 1.24 bits per heavy atom. The van der Waals surface area contributed by atoms with E-state index in [0.717, 1.165) is 0 Å². The van der Waals surface area contributed by atoms with Gasteiger partial charge in [0, 0.05) is 0 Å². The average molecular weight is 376 g/mol. The molecule has 0 aliphatic rings. The van der Waals surface area contributed by atoms with Gasteiger partial charge in [0.15, 0.2) is 0 Å². The number of carbonyl (C=O) groups is 4. The van der Waals surface area contributed by atoms with Crippen LogP contribution >= 0.6 is 0 Å². The molecule has 0 heterocycles. The van der Waals surface area contributed by atoms with E-state index in [4.69, 9.17) is 0 Å². The van der Waals surface area contributed by atoms with Gasteiger partial charge in [-0.25, -0.2) is 0 Å². The predicted molar refractivity (Wildman–Crippen MR) is 75.0 cm³/mol. The van der Waals surface area contributed by atoms with Crippen molar-refractivity contribution in [3.63, 3.8) is 0 Å². The second-order valence-electron chi connectivity index (χ2n) is 4.26. The summed E-state index contributed by atoms with van der Waals surface area (Å²) < 4.78 is 1.38. The SMILES string of the molecule is CC(=O)NC[C](NC(C)=O)=[Zr]=[C](CNC(C)=O)NC(C)=O. The minimum atomic E-state index is -1.51. The van der Waals surface area contributed by atoms with Gasteiger partial charge < -0.3 is 0 Å². The summed E-state index contributed by atoms with van der Waals surface area (Å²) in [7, 11) is 0. The van der Waals surface area contributed by atoms with Crippen LogP contribution in [0, 0.1) is 0 Å². The Morgan fingerprint density at radius 1 is 0.667 bits per heavy atom. The molecule has 9 heteroatoms. The molecule has 4 N–H and O–H groups in total. The third-order valence-corrected chi connectivity index (χ3v) is 4.95. The van der Waals surface area contributed by atoms with Gasteiger partial charge in [0.2, 0.25) is 0 Å². The first-order chi connectivity index (χ1) is 9.70. The normalized spacial score (nSPS) is 8.95. The third kappa shape index (κ3) is 12.0. The van der Waals surface area contributed by atoms with Gasteiger partial charge in [0.05, 0.1) is 0 Å². The molecule has 0 spiro atoms. The molecule has 0 unspecified atom stereocenters. The summed E-state index contributed by atoms with van der Waals surface area (Å²) >= 11 is -1.51. The summed E-state index contributed by atoms with van der Waals surface area (Å²) in [6.07, 6.45) is 0. The van der Waals surface area contributed by atoms with Gasteiger partial charge in [0.25, 0.3) is 0 Å². The van der Waals surface area contributed by atoms with Crippen LogP contribution in [0.4, 0.5) is 0 Å². The molecule has 0 atom stereocenters. The first kappa shape index (κ1) is 19.5. The number of nitrogens with one attached hydrogen (secondary N) is 4. The van der Waals surface area contributed by atoms with E-state index < -0.39 is 22.3 Å². The molecule has 0 rings (SSSR count). The quantitative estimate of drug-likeness (QED) is 0.424. The van der Waals surface area contributed by atoms with E-state index in [2.05, 4.69) is 21.3 Å². The molecule has 0 saturated carbocycles. The summed E-state index contributed by atoms with van der Waals surface area (Å²) in [4.78, 5) is 44.3. The van der Waals surface area contributed by atoms with Crippen molar-refractivity contribution in [1.29, 1.82) is 0 Å². The Balaban J connectivity index is 5.32. The summed E-state index contributed by atoms with van der Waals surface area (Å²) in [5.41, 5.74) is 0. The predicted octanol–water partition coefficient (Wildman–Crippen LogP) is -2.13. The summed E-state index contributed by atoms with van der Waals surface area (Å²) in [6, 6.07) is 0. The van der Waals surface area contributed by atoms with E-state index in [0.29, 0.717) is 6.66 Å².